The fourth-order valence-corrected chi connectivity index (χ4v) is 2.17. The van der Waals surface area contributed by atoms with E-state index in [9.17, 15) is 4.79 Å². The Labute approximate surface area is 105 Å². The predicted molar refractivity (Wildman–Crippen MR) is 69.8 cm³/mol. The molecule has 17 heavy (non-hydrogen) atoms. The first-order chi connectivity index (χ1) is 7.86. The average molecular weight is 254 g/mol. The minimum atomic E-state index is -0.332. The molecule has 1 aromatic rings. The molecule has 6 heteroatoms. The Bertz CT molecular complexity index is 420. The number of Topliss-reactive ketones (excluding diaryl/α,β-unsaturated/α-hetero) is 1. The van der Waals surface area contributed by atoms with E-state index >= 15 is 0 Å². The minimum Gasteiger partial charge on any atom is -0.368 e. The molecule has 5 nitrogen and oxygen atoms in total. The fourth-order valence-electron chi connectivity index (χ4n) is 1.05. The number of carbonyl (C=O) groups is 1. The number of hydrogen-bond acceptors (Lipinski definition) is 5. The second-order valence-electron chi connectivity index (χ2n) is 4.70. The second-order valence-corrected chi connectivity index (χ2v) is 5.64. The van der Waals surface area contributed by atoms with Crippen molar-refractivity contribution < 1.29 is 4.79 Å². The van der Waals surface area contributed by atoms with E-state index in [4.69, 9.17) is 5.73 Å². The Balaban J connectivity index is 2.70. The Morgan fingerprint density at radius 3 is 2.71 bits per heavy atom. The van der Waals surface area contributed by atoms with E-state index in [-0.39, 0.29) is 11.2 Å². The zero-order valence-corrected chi connectivity index (χ0v) is 11.3. The van der Waals surface area contributed by atoms with Crippen molar-refractivity contribution in [3.05, 3.63) is 12.7 Å². The van der Waals surface area contributed by atoms with Crippen LogP contribution < -0.4 is 5.73 Å². The number of allylic oxidation sites excluding steroid dienone is 1. The summed E-state index contributed by atoms with van der Waals surface area (Å²) in [4.78, 5) is 11.8. The molecular weight excluding hydrogens is 236 g/mol. The van der Waals surface area contributed by atoms with E-state index in [1.165, 1.54) is 11.8 Å². The lowest BCUT2D eigenvalue weighted by atomic mass is 9.92. The third kappa shape index (κ3) is 3.59. The summed E-state index contributed by atoms with van der Waals surface area (Å²) in [6.07, 6.45) is 1.72. The zero-order chi connectivity index (χ0) is 13.1. The van der Waals surface area contributed by atoms with Crippen LogP contribution in [0.5, 0.6) is 0 Å². The topological polar surface area (TPSA) is 73.8 Å². The molecule has 0 saturated heterocycles. The number of thioether (sulfide) groups is 1. The van der Waals surface area contributed by atoms with Crippen molar-refractivity contribution in [2.75, 3.05) is 11.5 Å². The molecular formula is C11H18N4OS. The lowest BCUT2D eigenvalue weighted by molar-refractivity contribution is -0.123. The van der Waals surface area contributed by atoms with E-state index < -0.39 is 0 Å². The Morgan fingerprint density at radius 2 is 2.18 bits per heavy atom. The average Bonchev–Trinajstić information content (AvgIpc) is 2.56. The molecule has 0 saturated carbocycles. The van der Waals surface area contributed by atoms with Gasteiger partial charge in [0, 0.05) is 12.0 Å². The van der Waals surface area contributed by atoms with Gasteiger partial charge in [0.25, 0.3) is 0 Å². The zero-order valence-electron chi connectivity index (χ0n) is 10.4. The van der Waals surface area contributed by atoms with E-state index in [1.54, 1.807) is 10.6 Å². The van der Waals surface area contributed by atoms with Gasteiger partial charge in [0.2, 0.25) is 5.95 Å². The van der Waals surface area contributed by atoms with Crippen molar-refractivity contribution in [3.63, 3.8) is 0 Å². The fraction of sp³-hybridized carbons (Fsp3) is 0.545. The normalized spacial score (nSPS) is 11.5. The van der Waals surface area contributed by atoms with Crippen molar-refractivity contribution in [3.8, 4) is 0 Å². The lowest BCUT2D eigenvalue weighted by Crippen LogP contribution is -2.22. The van der Waals surface area contributed by atoms with Gasteiger partial charge in [-0.05, 0) is 0 Å². The van der Waals surface area contributed by atoms with Crippen molar-refractivity contribution >= 4 is 23.5 Å². The van der Waals surface area contributed by atoms with Gasteiger partial charge in [0.15, 0.2) is 5.16 Å². The van der Waals surface area contributed by atoms with Crippen molar-refractivity contribution in [1.29, 1.82) is 0 Å². The Kier molecular flexibility index (Phi) is 4.34. The van der Waals surface area contributed by atoms with Crippen molar-refractivity contribution in [2.24, 2.45) is 5.41 Å². The number of nitrogens with two attached hydrogens (primary N) is 1. The molecule has 0 spiro atoms. The molecule has 94 valence electrons. The van der Waals surface area contributed by atoms with Crippen LogP contribution in [0.25, 0.3) is 0 Å². The molecule has 1 heterocycles. The lowest BCUT2D eigenvalue weighted by Gasteiger charge is -2.15. The van der Waals surface area contributed by atoms with Crippen LogP contribution in [0, 0.1) is 5.41 Å². The molecule has 0 amide bonds. The summed E-state index contributed by atoms with van der Waals surface area (Å²) in [5.74, 6) is 0.892. The van der Waals surface area contributed by atoms with Gasteiger partial charge in [-0.3, -0.25) is 9.36 Å². The van der Waals surface area contributed by atoms with Gasteiger partial charge in [0.05, 0.1) is 5.75 Å². The largest absolute Gasteiger partial charge is 0.368 e. The van der Waals surface area contributed by atoms with Gasteiger partial charge in [-0.25, -0.2) is 0 Å². The smallest absolute Gasteiger partial charge is 0.222 e. The maximum Gasteiger partial charge on any atom is 0.222 e. The molecule has 0 unspecified atom stereocenters. The number of rotatable bonds is 5. The maximum absolute atomic E-state index is 11.8. The highest BCUT2D eigenvalue weighted by atomic mass is 32.2. The summed E-state index contributed by atoms with van der Waals surface area (Å²) in [7, 11) is 0. The van der Waals surface area contributed by atoms with Crippen LogP contribution in [-0.4, -0.2) is 26.3 Å². The molecule has 0 bridgehead atoms. The summed E-state index contributed by atoms with van der Waals surface area (Å²) in [5, 5.41) is 8.38. The van der Waals surface area contributed by atoms with E-state index in [1.807, 2.05) is 20.8 Å². The van der Waals surface area contributed by atoms with Crippen LogP contribution in [-0.2, 0) is 11.3 Å². The second kappa shape index (κ2) is 5.35. The molecule has 0 fully saturated rings. The molecule has 0 radical (unpaired) electrons. The quantitative estimate of drug-likeness (QED) is 0.640. The van der Waals surface area contributed by atoms with Gasteiger partial charge < -0.3 is 5.73 Å². The molecule has 2 N–H and O–H groups in total. The molecule has 0 aliphatic carbocycles. The first kappa shape index (κ1) is 13.8. The molecule has 0 aliphatic rings. The van der Waals surface area contributed by atoms with Gasteiger partial charge >= 0.3 is 0 Å². The third-order valence-corrected chi connectivity index (χ3v) is 3.19. The highest BCUT2D eigenvalue weighted by Gasteiger charge is 2.22. The van der Waals surface area contributed by atoms with Gasteiger partial charge in [-0.15, -0.1) is 16.8 Å². The number of anilines is 1. The van der Waals surface area contributed by atoms with Crippen LogP contribution in [0.3, 0.4) is 0 Å². The monoisotopic (exact) mass is 254 g/mol. The summed E-state index contributed by atoms with van der Waals surface area (Å²) >= 11 is 1.35. The molecule has 0 aliphatic heterocycles. The van der Waals surface area contributed by atoms with E-state index in [0.717, 1.165) is 0 Å². The van der Waals surface area contributed by atoms with Gasteiger partial charge in [-0.1, -0.05) is 38.6 Å². The van der Waals surface area contributed by atoms with Gasteiger partial charge in [-0.2, -0.15) is 0 Å². The van der Waals surface area contributed by atoms with Crippen molar-refractivity contribution in [2.45, 2.75) is 32.5 Å². The van der Waals surface area contributed by atoms with Crippen LogP contribution in [0.1, 0.15) is 20.8 Å². The van der Waals surface area contributed by atoms with Crippen LogP contribution in [0.4, 0.5) is 5.95 Å². The number of ketones is 1. The summed E-state index contributed by atoms with van der Waals surface area (Å²) in [5.41, 5.74) is 5.33. The SMILES string of the molecule is C=CCn1c(N)nnc1SCC(=O)C(C)(C)C. The minimum absolute atomic E-state index is 0.175. The maximum atomic E-state index is 11.8. The van der Waals surface area contributed by atoms with E-state index in [2.05, 4.69) is 16.8 Å². The predicted octanol–water partition coefficient (Wildman–Crippen LogP) is 1.75. The van der Waals surface area contributed by atoms with Gasteiger partial charge in [0.1, 0.15) is 5.78 Å². The Morgan fingerprint density at radius 1 is 1.53 bits per heavy atom. The molecule has 0 atom stereocenters. The summed E-state index contributed by atoms with van der Waals surface area (Å²) < 4.78 is 1.73. The number of nitrogen functional groups attached to an aromatic ring is 1. The highest BCUT2D eigenvalue weighted by Crippen LogP contribution is 2.23. The number of aromatic nitrogens is 3. The van der Waals surface area contributed by atoms with Crippen molar-refractivity contribution in [1.82, 2.24) is 14.8 Å². The van der Waals surface area contributed by atoms with Crippen LogP contribution >= 0.6 is 11.8 Å². The van der Waals surface area contributed by atoms with E-state index in [0.29, 0.717) is 23.4 Å². The third-order valence-electron chi connectivity index (χ3n) is 2.23. The number of nitrogens with zero attached hydrogens (tertiary/aromatic N) is 3. The highest BCUT2D eigenvalue weighted by molar-refractivity contribution is 7.99. The summed E-state index contributed by atoms with van der Waals surface area (Å²) in [6, 6.07) is 0. The number of hydrogen-bond donors (Lipinski definition) is 1. The molecule has 1 rings (SSSR count). The number of carbonyl (C=O) groups excluding carboxylic acids is 1. The first-order valence-corrected chi connectivity index (χ1v) is 6.30. The standard InChI is InChI=1S/C11H18N4OS/c1-5-6-15-9(12)13-14-10(15)17-7-8(16)11(2,3)4/h5H,1,6-7H2,2-4H3,(H2,12,13). The van der Waals surface area contributed by atoms with Crippen LogP contribution in [0.15, 0.2) is 17.8 Å². The van der Waals surface area contributed by atoms with Crippen LogP contribution in [0.2, 0.25) is 0 Å². The Hall–Kier alpha value is -1.30. The first-order valence-electron chi connectivity index (χ1n) is 5.32. The molecule has 1 aromatic heterocycles. The molecule has 0 aromatic carbocycles. The summed E-state index contributed by atoms with van der Waals surface area (Å²) in [6.45, 7) is 9.90.